The van der Waals surface area contributed by atoms with Crippen LogP contribution in [0.25, 0.3) is 6.08 Å². The highest BCUT2D eigenvalue weighted by molar-refractivity contribution is 7.98. The van der Waals surface area contributed by atoms with Crippen LogP contribution in [0.1, 0.15) is 39.2 Å². The second-order valence-corrected chi connectivity index (χ2v) is 7.42. The maximum Gasteiger partial charge on any atom is 0.410 e. The number of ether oxygens (including phenoxy) is 1. The van der Waals surface area contributed by atoms with Crippen LogP contribution >= 0.6 is 11.8 Å². The highest BCUT2D eigenvalue weighted by Crippen LogP contribution is 2.22. The Kier molecular flexibility index (Phi) is 5.57. The average molecular weight is 319 g/mol. The van der Waals surface area contributed by atoms with Gasteiger partial charge in [0.1, 0.15) is 5.60 Å². The molecule has 0 aromatic heterocycles. The van der Waals surface area contributed by atoms with Crippen molar-refractivity contribution < 1.29 is 9.53 Å². The summed E-state index contributed by atoms with van der Waals surface area (Å²) in [6, 6.07) is 8.60. The van der Waals surface area contributed by atoms with Crippen molar-refractivity contribution in [3.05, 3.63) is 35.4 Å². The molecule has 0 atom stereocenters. The van der Waals surface area contributed by atoms with Crippen LogP contribution in [0.4, 0.5) is 4.79 Å². The Balaban J connectivity index is 1.91. The summed E-state index contributed by atoms with van der Waals surface area (Å²) in [5.41, 5.74) is 2.21. The van der Waals surface area contributed by atoms with Crippen molar-refractivity contribution in [1.29, 1.82) is 0 Å². The molecule has 1 amide bonds. The molecule has 1 fully saturated rings. The van der Waals surface area contributed by atoms with Crippen LogP contribution in [-0.4, -0.2) is 35.9 Å². The molecule has 1 aliphatic rings. The van der Waals surface area contributed by atoms with Gasteiger partial charge in [-0.05, 0) is 57.6 Å². The SMILES string of the molecule is CSc1ccc(C=C2CCN(C(=O)OC(C)(C)C)CC2)cc1. The van der Waals surface area contributed by atoms with E-state index in [4.69, 9.17) is 4.74 Å². The molecule has 2 rings (SSSR count). The fourth-order valence-corrected chi connectivity index (χ4v) is 2.79. The van der Waals surface area contributed by atoms with Gasteiger partial charge in [-0.3, -0.25) is 0 Å². The molecule has 1 aliphatic heterocycles. The van der Waals surface area contributed by atoms with E-state index in [1.807, 2.05) is 20.8 Å². The predicted octanol–water partition coefficient (Wildman–Crippen LogP) is 4.82. The smallest absolute Gasteiger partial charge is 0.410 e. The van der Waals surface area contributed by atoms with Gasteiger partial charge in [-0.1, -0.05) is 23.8 Å². The van der Waals surface area contributed by atoms with Crippen molar-refractivity contribution in [1.82, 2.24) is 4.90 Å². The summed E-state index contributed by atoms with van der Waals surface area (Å²) in [5.74, 6) is 0. The summed E-state index contributed by atoms with van der Waals surface area (Å²) in [7, 11) is 0. The summed E-state index contributed by atoms with van der Waals surface area (Å²) in [6.07, 6.45) is 5.97. The first kappa shape index (κ1) is 16.9. The van der Waals surface area contributed by atoms with Crippen molar-refractivity contribution >= 4 is 23.9 Å². The van der Waals surface area contributed by atoms with Gasteiger partial charge < -0.3 is 9.64 Å². The van der Waals surface area contributed by atoms with E-state index in [9.17, 15) is 4.79 Å². The van der Waals surface area contributed by atoms with Gasteiger partial charge in [-0.2, -0.15) is 0 Å². The predicted molar refractivity (Wildman–Crippen MR) is 93.2 cm³/mol. The van der Waals surface area contributed by atoms with Crippen LogP contribution in [0.5, 0.6) is 0 Å². The largest absolute Gasteiger partial charge is 0.444 e. The van der Waals surface area contributed by atoms with Crippen LogP contribution in [0.15, 0.2) is 34.7 Å². The number of thioether (sulfide) groups is 1. The minimum atomic E-state index is -0.424. The highest BCUT2D eigenvalue weighted by Gasteiger charge is 2.24. The number of amides is 1. The first-order valence-corrected chi connectivity index (χ1v) is 8.91. The molecule has 0 N–H and O–H groups in total. The second-order valence-electron chi connectivity index (χ2n) is 6.54. The number of piperidine rings is 1. The van der Waals surface area contributed by atoms with Crippen LogP contribution < -0.4 is 0 Å². The number of carbonyl (C=O) groups excluding carboxylic acids is 1. The quantitative estimate of drug-likeness (QED) is 0.732. The van der Waals surface area contributed by atoms with Gasteiger partial charge in [0.15, 0.2) is 0 Å². The standard InChI is InChI=1S/C18H25NO2S/c1-18(2,3)21-17(20)19-11-9-15(10-12-19)13-14-5-7-16(22-4)8-6-14/h5-8,13H,9-12H2,1-4H3. The van der Waals surface area contributed by atoms with Gasteiger partial charge in [-0.25, -0.2) is 4.79 Å². The molecule has 1 aromatic carbocycles. The van der Waals surface area contributed by atoms with Crippen molar-refractivity contribution in [2.75, 3.05) is 19.3 Å². The molecule has 0 bridgehead atoms. The van der Waals surface area contributed by atoms with Gasteiger partial charge in [0.2, 0.25) is 0 Å². The van der Waals surface area contributed by atoms with E-state index in [1.165, 1.54) is 16.0 Å². The lowest BCUT2D eigenvalue weighted by Crippen LogP contribution is -2.40. The summed E-state index contributed by atoms with van der Waals surface area (Å²) >= 11 is 1.75. The lowest BCUT2D eigenvalue weighted by atomic mass is 10.0. The number of rotatable bonds is 2. The fraction of sp³-hybridized carbons (Fsp3) is 0.500. The molecule has 3 nitrogen and oxygen atoms in total. The monoisotopic (exact) mass is 319 g/mol. The molecular formula is C18H25NO2S. The molecule has 1 saturated heterocycles. The number of benzene rings is 1. The molecule has 1 heterocycles. The Labute approximate surface area is 137 Å². The maximum absolute atomic E-state index is 12.0. The molecule has 0 aliphatic carbocycles. The first-order chi connectivity index (χ1) is 10.4. The van der Waals surface area contributed by atoms with Gasteiger partial charge in [0, 0.05) is 18.0 Å². The van der Waals surface area contributed by atoms with Gasteiger partial charge >= 0.3 is 6.09 Å². The summed E-state index contributed by atoms with van der Waals surface area (Å²) in [6.45, 7) is 7.18. The van der Waals surface area contributed by atoms with Crippen molar-refractivity contribution in [2.24, 2.45) is 0 Å². The van der Waals surface area contributed by atoms with E-state index in [-0.39, 0.29) is 6.09 Å². The number of nitrogens with zero attached hydrogens (tertiary/aromatic N) is 1. The summed E-state index contributed by atoms with van der Waals surface area (Å²) < 4.78 is 5.42. The van der Waals surface area contributed by atoms with E-state index in [0.29, 0.717) is 0 Å². The normalized spacial score (nSPS) is 15.6. The molecule has 1 aromatic rings. The van der Waals surface area contributed by atoms with Gasteiger partial charge in [0.05, 0.1) is 0 Å². The molecule has 4 heteroatoms. The van der Waals surface area contributed by atoms with E-state index in [0.717, 1.165) is 25.9 Å². The van der Waals surface area contributed by atoms with E-state index < -0.39 is 5.60 Å². The molecular weight excluding hydrogens is 294 g/mol. The zero-order valence-electron chi connectivity index (χ0n) is 13.9. The Bertz CT molecular complexity index is 533. The number of likely N-dealkylation sites (tertiary alicyclic amines) is 1. The zero-order chi connectivity index (χ0) is 16.2. The molecule has 120 valence electrons. The van der Waals surface area contributed by atoms with Crippen molar-refractivity contribution in [2.45, 2.75) is 44.1 Å². The van der Waals surface area contributed by atoms with E-state index in [1.54, 1.807) is 16.7 Å². The topological polar surface area (TPSA) is 29.5 Å². The van der Waals surface area contributed by atoms with Crippen LogP contribution in [0, 0.1) is 0 Å². The lowest BCUT2D eigenvalue weighted by molar-refractivity contribution is 0.0237. The van der Waals surface area contributed by atoms with Gasteiger partial charge in [0.25, 0.3) is 0 Å². The molecule has 0 radical (unpaired) electrons. The zero-order valence-corrected chi connectivity index (χ0v) is 14.7. The number of hydrogen-bond donors (Lipinski definition) is 0. The minimum Gasteiger partial charge on any atom is -0.444 e. The molecule has 22 heavy (non-hydrogen) atoms. The van der Waals surface area contributed by atoms with Crippen LogP contribution in [-0.2, 0) is 4.74 Å². The molecule has 0 saturated carbocycles. The van der Waals surface area contributed by atoms with Gasteiger partial charge in [-0.15, -0.1) is 11.8 Å². The number of carbonyl (C=O) groups is 1. The maximum atomic E-state index is 12.0. The summed E-state index contributed by atoms with van der Waals surface area (Å²) in [4.78, 5) is 15.1. The molecule has 0 unspecified atom stereocenters. The fourth-order valence-electron chi connectivity index (χ4n) is 2.38. The third-order valence-electron chi connectivity index (χ3n) is 3.54. The Hall–Kier alpha value is -1.42. The summed E-state index contributed by atoms with van der Waals surface area (Å²) in [5, 5.41) is 0. The van der Waals surface area contributed by atoms with Crippen molar-refractivity contribution in [3.63, 3.8) is 0 Å². The Morgan fingerprint density at radius 2 is 1.77 bits per heavy atom. The second kappa shape index (κ2) is 7.23. The first-order valence-electron chi connectivity index (χ1n) is 7.69. The number of hydrogen-bond acceptors (Lipinski definition) is 3. The van der Waals surface area contributed by atoms with Crippen LogP contribution in [0.2, 0.25) is 0 Å². The molecule has 0 spiro atoms. The van der Waals surface area contributed by atoms with E-state index in [2.05, 4.69) is 36.6 Å². The Morgan fingerprint density at radius 3 is 2.27 bits per heavy atom. The lowest BCUT2D eigenvalue weighted by Gasteiger charge is -2.31. The Morgan fingerprint density at radius 1 is 1.18 bits per heavy atom. The third kappa shape index (κ3) is 5.09. The minimum absolute atomic E-state index is 0.198. The van der Waals surface area contributed by atoms with Crippen molar-refractivity contribution in [3.8, 4) is 0 Å². The van der Waals surface area contributed by atoms with Crippen LogP contribution in [0.3, 0.4) is 0 Å². The van der Waals surface area contributed by atoms with E-state index >= 15 is 0 Å². The highest BCUT2D eigenvalue weighted by atomic mass is 32.2. The average Bonchev–Trinajstić information content (AvgIpc) is 2.47. The third-order valence-corrected chi connectivity index (χ3v) is 4.29.